The van der Waals surface area contributed by atoms with Gasteiger partial charge in [-0.25, -0.2) is 0 Å². The Labute approximate surface area is 131 Å². The fourth-order valence-corrected chi connectivity index (χ4v) is 3.57. The number of rotatable bonds is 4. The number of nitrogens with one attached hydrogen (secondary N) is 1. The van der Waals surface area contributed by atoms with Gasteiger partial charge in [-0.3, -0.25) is 0 Å². The lowest BCUT2D eigenvalue weighted by Crippen LogP contribution is -2.35. The zero-order valence-electron chi connectivity index (χ0n) is 11.4. The maximum absolute atomic E-state index is 5.45. The Morgan fingerprint density at radius 3 is 2.75 bits per heavy atom. The van der Waals surface area contributed by atoms with E-state index in [4.69, 9.17) is 9.47 Å². The number of benzene rings is 1. The first-order valence-electron chi connectivity index (χ1n) is 6.44. The lowest BCUT2D eigenvalue weighted by molar-refractivity contribution is 0.174. The van der Waals surface area contributed by atoms with Crippen LogP contribution >= 0.6 is 27.3 Å². The van der Waals surface area contributed by atoms with Crippen molar-refractivity contribution in [1.29, 1.82) is 0 Å². The molecule has 1 aliphatic rings. The Hall–Kier alpha value is -1.04. The molecule has 0 spiro atoms. The number of fused-ring (bicyclic) bond motifs is 1. The molecule has 2 aromatic rings. The van der Waals surface area contributed by atoms with Gasteiger partial charge >= 0.3 is 0 Å². The summed E-state index contributed by atoms with van der Waals surface area (Å²) >= 11 is 5.24. The zero-order chi connectivity index (χ0) is 14.2. The van der Waals surface area contributed by atoms with Crippen molar-refractivity contribution in [1.82, 2.24) is 5.32 Å². The molecule has 0 radical (unpaired) electrons. The molecule has 0 saturated heterocycles. The quantitative estimate of drug-likeness (QED) is 0.890. The number of halogens is 1. The van der Waals surface area contributed by atoms with E-state index in [2.05, 4.69) is 59.4 Å². The Kier molecular flexibility index (Phi) is 3.75. The second kappa shape index (κ2) is 5.39. The van der Waals surface area contributed by atoms with Crippen LogP contribution in [0.5, 0.6) is 11.5 Å². The Morgan fingerprint density at radius 2 is 2.00 bits per heavy atom. The highest BCUT2D eigenvalue weighted by Gasteiger charge is 2.23. The molecule has 1 aliphatic heterocycles. The van der Waals surface area contributed by atoms with E-state index < -0.39 is 0 Å². The fourth-order valence-electron chi connectivity index (χ4n) is 2.14. The van der Waals surface area contributed by atoms with Crippen LogP contribution in [0.1, 0.15) is 24.3 Å². The first-order valence-corrected chi connectivity index (χ1v) is 8.05. The average molecular weight is 354 g/mol. The standard InChI is InChI=1S/C15H16BrNO2S/c1-15(2,17-8-11-4-6-14(16)20-11)10-3-5-12-13(7-10)19-9-18-12/h3-7,17H,8-9H2,1-2H3. The van der Waals surface area contributed by atoms with Gasteiger partial charge in [0.15, 0.2) is 11.5 Å². The minimum atomic E-state index is -0.128. The largest absolute Gasteiger partial charge is 0.454 e. The van der Waals surface area contributed by atoms with Crippen molar-refractivity contribution < 1.29 is 9.47 Å². The van der Waals surface area contributed by atoms with Gasteiger partial charge in [0.25, 0.3) is 0 Å². The Bertz CT molecular complexity index is 624. The van der Waals surface area contributed by atoms with Crippen LogP contribution in [-0.4, -0.2) is 6.79 Å². The third-order valence-corrected chi connectivity index (χ3v) is 5.05. The summed E-state index contributed by atoms with van der Waals surface area (Å²) in [6, 6.07) is 10.3. The summed E-state index contributed by atoms with van der Waals surface area (Å²) in [4.78, 5) is 1.31. The van der Waals surface area contributed by atoms with E-state index in [1.54, 1.807) is 11.3 Å². The van der Waals surface area contributed by atoms with Gasteiger partial charge in [0.1, 0.15) is 0 Å². The van der Waals surface area contributed by atoms with Gasteiger partial charge in [0.2, 0.25) is 6.79 Å². The highest BCUT2D eigenvalue weighted by atomic mass is 79.9. The third-order valence-electron chi connectivity index (χ3n) is 3.43. The molecule has 1 aromatic carbocycles. The first kappa shape index (κ1) is 13.9. The van der Waals surface area contributed by atoms with Gasteiger partial charge in [-0.2, -0.15) is 0 Å². The summed E-state index contributed by atoms with van der Waals surface area (Å²) in [7, 11) is 0. The Balaban J connectivity index is 1.74. The minimum Gasteiger partial charge on any atom is -0.454 e. The summed E-state index contributed by atoms with van der Waals surface area (Å²) in [5.74, 6) is 1.66. The predicted octanol–water partition coefficient (Wildman–Crippen LogP) is 4.26. The van der Waals surface area contributed by atoms with E-state index in [-0.39, 0.29) is 5.54 Å². The van der Waals surface area contributed by atoms with E-state index in [1.165, 1.54) is 10.4 Å². The predicted molar refractivity (Wildman–Crippen MR) is 84.4 cm³/mol. The topological polar surface area (TPSA) is 30.5 Å². The molecule has 0 aliphatic carbocycles. The maximum Gasteiger partial charge on any atom is 0.231 e. The fraction of sp³-hybridized carbons (Fsp3) is 0.333. The molecular formula is C15H16BrNO2S. The molecule has 0 amide bonds. The average Bonchev–Trinajstić information content (AvgIpc) is 3.04. The van der Waals surface area contributed by atoms with Crippen LogP contribution in [0.2, 0.25) is 0 Å². The van der Waals surface area contributed by atoms with E-state index >= 15 is 0 Å². The maximum atomic E-state index is 5.45. The van der Waals surface area contributed by atoms with Crippen LogP contribution in [0.3, 0.4) is 0 Å². The molecule has 106 valence electrons. The van der Waals surface area contributed by atoms with Crippen molar-refractivity contribution in [2.45, 2.75) is 25.9 Å². The lowest BCUT2D eigenvalue weighted by atomic mass is 9.94. The van der Waals surface area contributed by atoms with Crippen molar-refractivity contribution in [3.63, 3.8) is 0 Å². The van der Waals surface area contributed by atoms with Gasteiger partial charge in [0.05, 0.1) is 3.79 Å². The molecule has 3 rings (SSSR count). The summed E-state index contributed by atoms with van der Waals surface area (Å²) in [5, 5.41) is 3.59. The molecule has 20 heavy (non-hydrogen) atoms. The minimum absolute atomic E-state index is 0.128. The highest BCUT2D eigenvalue weighted by molar-refractivity contribution is 9.11. The zero-order valence-corrected chi connectivity index (χ0v) is 13.8. The summed E-state index contributed by atoms with van der Waals surface area (Å²) in [6.45, 7) is 5.51. The molecule has 0 saturated carbocycles. The number of thiophene rings is 1. The molecule has 0 unspecified atom stereocenters. The highest BCUT2D eigenvalue weighted by Crippen LogP contribution is 2.35. The molecule has 5 heteroatoms. The van der Waals surface area contributed by atoms with Gasteiger partial charge in [-0.05, 0) is 59.6 Å². The normalized spacial score (nSPS) is 13.8. The van der Waals surface area contributed by atoms with E-state index in [0.717, 1.165) is 21.8 Å². The third kappa shape index (κ3) is 2.85. The van der Waals surface area contributed by atoms with Gasteiger partial charge in [-0.1, -0.05) is 6.07 Å². The molecule has 1 aromatic heterocycles. The SMILES string of the molecule is CC(C)(NCc1ccc(Br)s1)c1ccc2c(c1)OCO2. The van der Waals surface area contributed by atoms with E-state index in [9.17, 15) is 0 Å². The number of hydrogen-bond acceptors (Lipinski definition) is 4. The van der Waals surface area contributed by atoms with E-state index in [0.29, 0.717) is 6.79 Å². The Morgan fingerprint density at radius 1 is 1.20 bits per heavy atom. The molecule has 0 atom stereocenters. The summed E-state index contributed by atoms with van der Waals surface area (Å²) in [6.07, 6.45) is 0. The van der Waals surface area contributed by atoms with Crippen LogP contribution < -0.4 is 14.8 Å². The number of hydrogen-bond donors (Lipinski definition) is 1. The number of ether oxygens (including phenoxy) is 2. The molecule has 2 heterocycles. The van der Waals surface area contributed by atoms with Gasteiger partial charge in [0, 0.05) is 17.0 Å². The van der Waals surface area contributed by atoms with Crippen LogP contribution in [0.25, 0.3) is 0 Å². The second-order valence-electron chi connectivity index (χ2n) is 5.25. The van der Waals surface area contributed by atoms with Gasteiger partial charge < -0.3 is 14.8 Å². The second-order valence-corrected chi connectivity index (χ2v) is 7.80. The van der Waals surface area contributed by atoms with Crippen LogP contribution in [0.4, 0.5) is 0 Å². The molecule has 0 fully saturated rings. The molecular weight excluding hydrogens is 338 g/mol. The summed E-state index contributed by atoms with van der Waals surface area (Å²) in [5.41, 5.74) is 1.06. The lowest BCUT2D eigenvalue weighted by Gasteiger charge is -2.27. The van der Waals surface area contributed by atoms with Crippen LogP contribution in [0.15, 0.2) is 34.1 Å². The van der Waals surface area contributed by atoms with Crippen molar-refractivity contribution in [2.75, 3.05) is 6.79 Å². The summed E-state index contributed by atoms with van der Waals surface area (Å²) < 4.78 is 12.0. The van der Waals surface area contributed by atoms with Gasteiger partial charge in [-0.15, -0.1) is 11.3 Å². The molecule has 1 N–H and O–H groups in total. The molecule has 3 nitrogen and oxygen atoms in total. The van der Waals surface area contributed by atoms with Crippen molar-refractivity contribution in [3.05, 3.63) is 44.6 Å². The molecule has 0 bridgehead atoms. The van der Waals surface area contributed by atoms with Crippen molar-refractivity contribution in [3.8, 4) is 11.5 Å². The monoisotopic (exact) mass is 353 g/mol. The van der Waals surface area contributed by atoms with E-state index in [1.807, 2.05) is 6.07 Å². The van der Waals surface area contributed by atoms with Crippen molar-refractivity contribution >= 4 is 27.3 Å². The van der Waals surface area contributed by atoms with Crippen molar-refractivity contribution in [2.24, 2.45) is 0 Å². The smallest absolute Gasteiger partial charge is 0.231 e. The van der Waals surface area contributed by atoms with Crippen LogP contribution in [-0.2, 0) is 12.1 Å². The first-order chi connectivity index (χ1) is 9.54. The van der Waals surface area contributed by atoms with Crippen LogP contribution in [0, 0.1) is 0 Å².